The smallest absolute Gasteiger partial charge is 0.303 e. The normalized spacial score (nSPS) is 17.6. The van der Waals surface area contributed by atoms with Crippen LogP contribution in [0.3, 0.4) is 0 Å². The van der Waals surface area contributed by atoms with Gasteiger partial charge in [-0.25, -0.2) is 0 Å². The lowest BCUT2D eigenvalue weighted by molar-refractivity contribution is -0.137. The standard InChI is InChI=1S/C18H27NO2/c19-17(8-4-5-9-18(20)21)16-12-10-15(11-13-16)14-6-2-1-3-7-14/h10-14,17H,1-9,19H2,(H,20,21). The fraction of sp³-hybridized carbons (Fsp3) is 0.611. The van der Waals surface area contributed by atoms with Gasteiger partial charge in [0.2, 0.25) is 0 Å². The molecule has 0 aromatic heterocycles. The Labute approximate surface area is 127 Å². The Morgan fingerprint density at radius 2 is 1.81 bits per heavy atom. The lowest BCUT2D eigenvalue weighted by Gasteiger charge is -2.22. The SMILES string of the molecule is NC(CCCCC(=O)O)c1ccc(C2CCCCC2)cc1. The van der Waals surface area contributed by atoms with Crippen molar-refractivity contribution in [2.24, 2.45) is 5.73 Å². The highest BCUT2D eigenvalue weighted by Crippen LogP contribution is 2.33. The number of hydrogen-bond acceptors (Lipinski definition) is 2. The lowest BCUT2D eigenvalue weighted by Crippen LogP contribution is -2.11. The van der Waals surface area contributed by atoms with Crippen LogP contribution in [0.4, 0.5) is 0 Å². The van der Waals surface area contributed by atoms with Crippen molar-refractivity contribution in [1.29, 1.82) is 0 Å². The van der Waals surface area contributed by atoms with Crippen molar-refractivity contribution < 1.29 is 9.90 Å². The molecule has 0 radical (unpaired) electrons. The molecule has 3 N–H and O–H groups in total. The average molecular weight is 289 g/mol. The highest BCUT2D eigenvalue weighted by Gasteiger charge is 2.15. The zero-order valence-corrected chi connectivity index (χ0v) is 12.8. The molecule has 0 saturated heterocycles. The maximum atomic E-state index is 10.5. The Balaban J connectivity index is 1.81. The first kappa shape index (κ1) is 16.0. The van der Waals surface area contributed by atoms with Gasteiger partial charge in [-0.1, -0.05) is 49.9 Å². The fourth-order valence-electron chi connectivity index (χ4n) is 3.26. The van der Waals surface area contributed by atoms with E-state index in [1.165, 1.54) is 43.2 Å². The molecule has 2 rings (SSSR count). The second kappa shape index (κ2) is 8.18. The number of unbranched alkanes of at least 4 members (excludes halogenated alkanes) is 1. The second-order valence-corrected chi connectivity index (χ2v) is 6.25. The molecular formula is C18H27NO2. The van der Waals surface area contributed by atoms with E-state index in [4.69, 9.17) is 10.8 Å². The molecule has 3 nitrogen and oxygen atoms in total. The quantitative estimate of drug-likeness (QED) is 0.732. The second-order valence-electron chi connectivity index (χ2n) is 6.25. The van der Waals surface area contributed by atoms with Gasteiger partial charge in [0.15, 0.2) is 0 Å². The predicted octanol–water partition coefficient (Wildman–Crippen LogP) is 4.38. The first-order chi connectivity index (χ1) is 10.2. The van der Waals surface area contributed by atoms with Crippen LogP contribution in [0.1, 0.15) is 80.9 Å². The van der Waals surface area contributed by atoms with Crippen molar-refractivity contribution in [3.63, 3.8) is 0 Å². The molecule has 0 aliphatic heterocycles. The third-order valence-electron chi connectivity index (χ3n) is 4.60. The summed E-state index contributed by atoms with van der Waals surface area (Å²) in [5, 5.41) is 8.62. The van der Waals surface area contributed by atoms with Crippen LogP contribution in [0.15, 0.2) is 24.3 Å². The third-order valence-corrected chi connectivity index (χ3v) is 4.60. The van der Waals surface area contributed by atoms with Crippen molar-refractivity contribution in [2.45, 2.75) is 69.7 Å². The molecule has 1 unspecified atom stereocenters. The largest absolute Gasteiger partial charge is 0.481 e. The highest BCUT2D eigenvalue weighted by molar-refractivity contribution is 5.66. The number of aliphatic carboxylic acids is 1. The number of carbonyl (C=O) groups is 1. The van der Waals surface area contributed by atoms with Crippen molar-refractivity contribution in [2.75, 3.05) is 0 Å². The third kappa shape index (κ3) is 5.16. The van der Waals surface area contributed by atoms with Gasteiger partial charge < -0.3 is 10.8 Å². The summed E-state index contributed by atoms with van der Waals surface area (Å²) in [5.41, 5.74) is 8.82. The molecule has 0 bridgehead atoms. The van der Waals surface area contributed by atoms with Gasteiger partial charge in [0.1, 0.15) is 0 Å². The van der Waals surface area contributed by atoms with E-state index in [1.807, 2.05) is 0 Å². The minimum absolute atomic E-state index is 0.0270. The van der Waals surface area contributed by atoms with Gasteiger partial charge in [0, 0.05) is 12.5 Å². The minimum atomic E-state index is -0.722. The van der Waals surface area contributed by atoms with Crippen molar-refractivity contribution >= 4 is 5.97 Å². The predicted molar refractivity (Wildman–Crippen MR) is 85.3 cm³/mol. The van der Waals surface area contributed by atoms with E-state index in [0.717, 1.165) is 18.8 Å². The van der Waals surface area contributed by atoms with Crippen molar-refractivity contribution in [3.05, 3.63) is 35.4 Å². The Bertz CT molecular complexity index is 435. The molecule has 116 valence electrons. The topological polar surface area (TPSA) is 63.3 Å². The summed E-state index contributed by atoms with van der Waals surface area (Å²) in [5.74, 6) is 0.0139. The Morgan fingerprint density at radius 3 is 2.43 bits per heavy atom. The number of rotatable bonds is 7. The molecule has 1 aliphatic carbocycles. The van der Waals surface area contributed by atoms with Gasteiger partial charge in [-0.05, 0) is 42.7 Å². The zero-order valence-electron chi connectivity index (χ0n) is 12.8. The summed E-state index contributed by atoms with van der Waals surface area (Å²) in [6, 6.07) is 8.82. The van der Waals surface area contributed by atoms with Crippen LogP contribution in [-0.4, -0.2) is 11.1 Å². The van der Waals surface area contributed by atoms with Crippen molar-refractivity contribution in [3.8, 4) is 0 Å². The molecule has 1 fully saturated rings. The van der Waals surface area contributed by atoms with Crippen LogP contribution in [0.5, 0.6) is 0 Å². The summed E-state index contributed by atoms with van der Waals surface area (Å²) in [6.45, 7) is 0. The van der Waals surface area contributed by atoms with E-state index >= 15 is 0 Å². The summed E-state index contributed by atoms with van der Waals surface area (Å²) >= 11 is 0. The van der Waals surface area contributed by atoms with E-state index in [0.29, 0.717) is 6.42 Å². The first-order valence-corrected chi connectivity index (χ1v) is 8.24. The zero-order chi connectivity index (χ0) is 15.1. The van der Waals surface area contributed by atoms with E-state index in [9.17, 15) is 4.79 Å². The maximum absolute atomic E-state index is 10.5. The monoisotopic (exact) mass is 289 g/mol. The Kier molecular flexibility index (Phi) is 6.24. The van der Waals surface area contributed by atoms with Crippen molar-refractivity contribution in [1.82, 2.24) is 0 Å². The molecule has 0 heterocycles. The van der Waals surface area contributed by atoms with Crippen LogP contribution in [0.25, 0.3) is 0 Å². The average Bonchev–Trinajstić information content (AvgIpc) is 2.52. The number of carboxylic acid groups (broad SMARTS) is 1. The summed E-state index contributed by atoms with van der Waals surface area (Å²) in [6.07, 6.45) is 9.42. The van der Waals surface area contributed by atoms with Crippen LogP contribution < -0.4 is 5.73 Å². The van der Waals surface area contributed by atoms with Gasteiger partial charge in [-0.15, -0.1) is 0 Å². The number of nitrogens with two attached hydrogens (primary N) is 1. The molecule has 3 heteroatoms. The minimum Gasteiger partial charge on any atom is -0.481 e. The van der Waals surface area contributed by atoms with Crippen LogP contribution in [0.2, 0.25) is 0 Å². The summed E-state index contributed by atoms with van der Waals surface area (Å²) < 4.78 is 0. The molecule has 1 aromatic rings. The number of carboxylic acids is 1. The van der Waals surface area contributed by atoms with Gasteiger partial charge in [-0.3, -0.25) is 4.79 Å². The van der Waals surface area contributed by atoms with Crippen LogP contribution in [0, 0.1) is 0 Å². The molecule has 0 spiro atoms. The lowest BCUT2D eigenvalue weighted by atomic mass is 9.83. The number of benzene rings is 1. The summed E-state index contributed by atoms with van der Waals surface area (Å²) in [7, 11) is 0. The molecule has 21 heavy (non-hydrogen) atoms. The highest BCUT2D eigenvalue weighted by atomic mass is 16.4. The van der Waals surface area contributed by atoms with E-state index in [1.54, 1.807) is 0 Å². The van der Waals surface area contributed by atoms with Gasteiger partial charge >= 0.3 is 5.97 Å². The fourth-order valence-corrected chi connectivity index (χ4v) is 3.26. The molecular weight excluding hydrogens is 262 g/mol. The maximum Gasteiger partial charge on any atom is 0.303 e. The van der Waals surface area contributed by atoms with E-state index < -0.39 is 5.97 Å². The van der Waals surface area contributed by atoms with Gasteiger partial charge in [-0.2, -0.15) is 0 Å². The van der Waals surface area contributed by atoms with Gasteiger partial charge in [0.25, 0.3) is 0 Å². The molecule has 1 atom stereocenters. The molecule has 1 aromatic carbocycles. The van der Waals surface area contributed by atoms with Gasteiger partial charge in [0.05, 0.1) is 0 Å². The molecule has 0 amide bonds. The van der Waals surface area contributed by atoms with E-state index in [2.05, 4.69) is 24.3 Å². The first-order valence-electron chi connectivity index (χ1n) is 8.24. The van der Waals surface area contributed by atoms with E-state index in [-0.39, 0.29) is 12.5 Å². The summed E-state index contributed by atoms with van der Waals surface area (Å²) in [4.78, 5) is 10.5. The van der Waals surface area contributed by atoms with Crippen LogP contribution in [-0.2, 0) is 4.79 Å². The molecule has 1 aliphatic rings. The number of hydrogen-bond donors (Lipinski definition) is 2. The Hall–Kier alpha value is -1.35. The van der Waals surface area contributed by atoms with Crippen LogP contribution >= 0.6 is 0 Å². The molecule has 1 saturated carbocycles. The Morgan fingerprint density at radius 1 is 1.14 bits per heavy atom.